The van der Waals surface area contributed by atoms with E-state index in [0.717, 1.165) is 25.2 Å². The van der Waals surface area contributed by atoms with Crippen molar-refractivity contribution in [1.82, 2.24) is 4.90 Å². The van der Waals surface area contributed by atoms with Crippen molar-refractivity contribution in [3.63, 3.8) is 0 Å². The van der Waals surface area contributed by atoms with E-state index in [1.165, 1.54) is 0 Å². The number of amides is 1. The number of hydrogen-bond donors (Lipinski definition) is 1. The Morgan fingerprint density at radius 2 is 1.81 bits per heavy atom. The predicted octanol–water partition coefficient (Wildman–Crippen LogP) is 3.50. The van der Waals surface area contributed by atoms with Crippen LogP contribution in [0.3, 0.4) is 0 Å². The Hall–Kier alpha value is -1.39. The van der Waals surface area contributed by atoms with E-state index in [-0.39, 0.29) is 18.2 Å². The lowest BCUT2D eigenvalue weighted by molar-refractivity contribution is -0.125. The van der Waals surface area contributed by atoms with Crippen LogP contribution in [0.25, 0.3) is 0 Å². The van der Waals surface area contributed by atoms with Crippen molar-refractivity contribution < 1.29 is 9.53 Å². The second-order valence-corrected chi connectivity index (χ2v) is 5.15. The second-order valence-electron chi connectivity index (χ2n) is 5.15. The molecule has 4 nitrogen and oxygen atoms in total. The lowest BCUT2D eigenvalue weighted by Crippen LogP contribution is -2.39. The molecule has 0 aliphatic carbocycles. The first-order valence-electron chi connectivity index (χ1n) is 7.85. The highest BCUT2D eigenvalue weighted by molar-refractivity contribution is 5.90. The van der Waals surface area contributed by atoms with Gasteiger partial charge in [-0.2, -0.15) is 0 Å². The fourth-order valence-electron chi connectivity index (χ4n) is 2.38. The maximum absolute atomic E-state index is 12.0. The Morgan fingerprint density at radius 1 is 1.19 bits per heavy atom. The second kappa shape index (κ2) is 9.53. The Kier molecular flexibility index (Phi) is 8.01. The van der Waals surface area contributed by atoms with E-state index in [0.29, 0.717) is 6.42 Å². The van der Waals surface area contributed by atoms with Crippen molar-refractivity contribution in [2.24, 2.45) is 0 Å². The summed E-state index contributed by atoms with van der Waals surface area (Å²) < 4.78 is 6.02. The number of nitrogens with zero attached hydrogens (tertiary/aromatic N) is 1. The van der Waals surface area contributed by atoms with E-state index >= 15 is 0 Å². The third kappa shape index (κ3) is 6.27. The summed E-state index contributed by atoms with van der Waals surface area (Å²) in [5.41, 5.74) is 0.825. The summed E-state index contributed by atoms with van der Waals surface area (Å²) in [6, 6.07) is 9.51. The highest BCUT2D eigenvalue weighted by Gasteiger charge is 2.19. The van der Waals surface area contributed by atoms with Crippen molar-refractivity contribution in [3.8, 4) is 0 Å². The number of nitrogens with one attached hydrogen (secondary N) is 1. The van der Waals surface area contributed by atoms with E-state index in [1.807, 2.05) is 37.3 Å². The highest BCUT2D eigenvalue weighted by atomic mass is 16.5. The molecule has 0 saturated heterocycles. The maximum Gasteiger partial charge on any atom is 0.226 e. The van der Waals surface area contributed by atoms with Gasteiger partial charge in [0.2, 0.25) is 5.91 Å². The fourth-order valence-corrected chi connectivity index (χ4v) is 2.38. The molecule has 0 heterocycles. The van der Waals surface area contributed by atoms with Crippen LogP contribution in [0.5, 0.6) is 0 Å². The average molecular weight is 292 g/mol. The van der Waals surface area contributed by atoms with Crippen molar-refractivity contribution in [2.75, 3.05) is 18.4 Å². The number of carbonyl (C=O) groups excluding carboxylic acids is 1. The summed E-state index contributed by atoms with van der Waals surface area (Å²) in [4.78, 5) is 14.3. The van der Waals surface area contributed by atoms with E-state index in [9.17, 15) is 4.79 Å². The van der Waals surface area contributed by atoms with Gasteiger partial charge < -0.3 is 10.1 Å². The zero-order valence-electron chi connectivity index (χ0n) is 13.6. The Balaban J connectivity index is 2.44. The number of benzene rings is 1. The van der Waals surface area contributed by atoms with Gasteiger partial charge in [0.25, 0.3) is 0 Å². The third-order valence-electron chi connectivity index (χ3n) is 3.49. The van der Waals surface area contributed by atoms with Crippen LogP contribution in [-0.2, 0) is 9.53 Å². The topological polar surface area (TPSA) is 41.6 Å². The van der Waals surface area contributed by atoms with Gasteiger partial charge in [-0.05, 0) is 38.6 Å². The molecule has 1 aromatic carbocycles. The fraction of sp³-hybridized carbons (Fsp3) is 0.588. The molecule has 0 aliphatic rings. The largest absolute Gasteiger partial charge is 0.360 e. The molecule has 0 bridgehead atoms. The summed E-state index contributed by atoms with van der Waals surface area (Å²) in [6.07, 6.45) is 1.28. The first-order chi connectivity index (χ1) is 10.1. The van der Waals surface area contributed by atoms with Crippen LogP contribution in [0.2, 0.25) is 0 Å². The highest BCUT2D eigenvalue weighted by Crippen LogP contribution is 2.12. The molecule has 1 rings (SSSR count). The van der Waals surface area contributed by atoms with Crippen LogP contribution in [0.15, 0.2) is 30.3 Å². The predicted molar refractivity (Wildman–Crippen MR) is 87.2 cm³/mol. The molecule has 21 heavy (non-hydrogen) atoms. The molecule has 0 saturated carbocycles. The number of hydrogen-bond acceptors (Lipinski definition) is 3. The van der Waals surface area contributed by atoms with E-state index < -0.39 is 0 Å². The molecule has 1 aromatic rings. The van der Waals surface area contributed by atoms with Gasteiger partial charge >= 0.3 is 0 Å². The van der Waals surface area contributed by atoms with E-state index in [2.05, 4.69) is 31.0 Å². The van der Waals surface area contributed by atoms with Crippen molar-refractivity contribution in [2.45, 2.75) is 52.9 Å². The zero-order valence-corrected chi connectivity index (χ0v) is 13.6. The molecule has 0 spiro atoms. The Bertz CT molecular complexity index is 405. The van der Waals surface area contributed by atoms with Gasteiger partial charge in [-0.3, -0.25) is 9.69 Å². The SMILES string of the molecule is CCC(OC(C)CC(=O)Nc1ccccc1)N(CC)CC. The molecule has 2 atom stereocenters. The summed E-state index contributed by atoms with van der Waals surface area (Å²) in [5.74, 6) is -0.0110. The van der Waals surface area contributed by atoms with Gasteiger partial charge in [0, 0.05) is 5.69 Å². The molecule has 0 fully saturated rings. The van der Waals surface area contributed by atoms with Crippen LogP contribution >= 0.6 is 0 Å². The Morgan fingerprint density at radius 3 is 2.33 bits per heavy atom. The zero-order chi connectivity index (χ0) is 15.7. The monoisotopic (exact) mass is 292 g/mol. The van der Waals surface area contributed by atoms with Crippen LogP contribution in [-0.4, -0.2) is 36.2 Å². The summed E-state index contributed by atoms with van der Waals surface area (Å²) in [7, 11) is 0. The average Bonchev–Trinajstić information content (AvgIpc) is 2.48. The number of rotatable bonds is 9. The molecule has 2 unspecified atom stereocenters. The molecule has 1 amide bonds. The molecule has 0 aliphatic heterocycles. The van der Waals surface area contributed by atoms with Gasteiger partial charge in [0.1, 0.15) is 6.23 Å². The molecular formula is C17H28N2O2. The standard InChI is InChI=1S/C17H28N2O2/c1-5-17(19(6-2)7-3)21-14(4)13-16(20)18-15-11-9-8-10-12-15/h8-12,14,17H,5-7,13H2,1-4H3,(H,18,20). The van der Waals surface area contributed by atoms with Crippen molar-refractivity contribution >= 4 is 11.6 Å². The van der Waals surface area contributed by atoms with Crippen molar-refractivity contribution in [3.05, 3.63) is 30.3 Å². The number of anilines is 1. The lowest BCUT2D eigenvalue weighted by Gasteiger charge is -2.31. The van der Waals surface area contributed by atoms with Gasteiger partial charge in [-0.15, -0.1) is 0 Å². The van der Waals surface area contributed by atoms with Crippen LogP contribution in [0.1, 0.15) is 40.5 Å². The first kappa shape index (κ1) is 17.7. The number of carbonyl (C=O) groups is 1. The summed E-state index contributed by atoms with van der Waals surface area (Å²) >= 11 is 0. The van der Waals surface area contributed by atoms with Crippen LogP contribution in [0, 0.1) is 0 Å². The molecular weight excluding hydrogens is 264 g/mol. The minimum absolute atomic E-state index is 0.0110. The van der Waals surface area contributed by atoms with Gasteiger partial charge in [0.05, 0.1) is 12.5 Å². The number of para-hydroxylation sites is 1. The smallest absolute Gasteiger partial charge is 0.226 e. The minimum Gasteiger partial charge on any atom is -0.360 e. The van der Waals surface area contributed by atoms with Gasteiger partial charge in [-0.25, -0.2) is 0 Å². The molecule has 1 N–H and O–H groups in total. The van der Waals surface area contributed by atoms with Gasteiger partial charge in [0.15, 0.2) is 0 Å². The summed E-state index contributed by atoms with van der Waals surface area (Å²) in [6.45, 7) is 10.2. The quantitative estimate of drug-likeness (QED) is 0.708. The minimum atomic E-state index is -0.0979. The lowest BCUT2D eigenvalue weighted by atomic mass is 10.2. The maximum atomic E-state index is 12.0. The van der Waals surface area contributed by atoms with Crippen LogP contribution < -0.4 is 5.32 Å². The normalized spacial score (nSPS) is 14.0. The molecule has 4 heteroatoms. The molecule has 0 aromatic heterocycles. The van der Waals surface area contributed by atoms with Crippen LogP contribution in [0.4, 0.5) is 5.69 Å². The molecule has 0 radical (unpaired) electrons. The Labute approximate surface area is 128 Å². The van der Waals surface area contributed by atoms with E-state index in [4.69, 9.17) is 4.74 Å². The number of ether oxygens (including phenoxy) is 1. The van der Waals surface area contributed by atoms with Gasteiger partial charge in [-0.1, -0.05) is 39.0 Å². The first-order valence-corrected chi connectivity index (χ1v) is 7.85. The third-order valence-corrected chi connectivity index (χ3v) is 3.49. The van der Waals surface area contributed by atoms with E-state index in [1.54, 1.807) is 0 Å². The summed E-state index contributed by atoms with van der Waals surface area (Å²) in [5, 5.41) is 2.89. The van der Waals surface area contributed by atoms with Crippen molar-refractivity contribution in [1.29, 1.82) is 0 Å². The molecule has 118 valence electrons.